The first-order valence-electron chi connectivity index (χ1n) is 6.69. The van der Waals surface area contributed by atoms with Gasteiger partial charge in [0.2, 0.25) is 15.9 Å². The van der Waals surface area contributed by atoms with Crippen molar-refractivity contribution in [3.8, 4) is 0 Å². The smallest absolute Gasteiger partial charge is 0.241 e. The quantitative estimate of drug-likeness (QED) is 0.906. The Morgan fingerprint density at radius 2 is 2.15 bits per heavy atom. The molecule has 0 bridgehead atoms. The lowest BCUT2D eigenvalue weighted by molar-refractivity contribution is -0.120. The summed E-state index contributed by atoms with van der Waals surface area (Å²) >= 11 is 1.59. The number of rotatable bonds is 5. The molecule has 1 amide bonds. The second-order valence-electron chi connectivity index (χ2n) is 5.16. The first-order valence-corrected chi connectivity index (χ1v) is 9.32. The van der Waals surface area contributed by atoms with Gasteiger partial charge in [0.15, 0.2) is 0 Å². The maximum atomic E-state index is 12.2. The number of nitrogens with one attached hydrogen (secondary N) is 1. The Bertz CT molecular complexity index is 598. The summed E-state index contributed by atoms with van der Waals surface area (Å²) in [6.45, 7) is 3.80. The summed E-state index contributed by atoms with van der Waals surface area (Å²) in [4.78, 5) is 13.3. The molecule has 4 nitrogen and oxygen atoms in total. The average molecular weight is 313 g/mol. The molecular weight excluding hydrogens is 294 g/mol. The molecule has 1 aromatic rings. The minimum atomic E-state index is -3.54. The van der Waals surface area contributed by atoms with Gasteiger partial charge in [0, 0.05) is 10.6 Å². The highest BCUT2D eigenvalue weighted by atomic mass is 32.2. The van der Waals surface area contributed by atoms with Gasteiger partial charge in [0.25, 0.3) is 0 Å². The van der Waals surface area contributed by atoms with Gasteiger partial charge in [-0.05, 0) is 17.5 Å². The van der Waals surface area contributed by atoms with Crippen molar-refractivity contribution in [2.45, 2.75) is 31.1 Å². The highest BCUT2D eigenvalue weighted by molar-refractivity contribution is 7.99. The molecule has 0 fully saturated rings. The fraction of sp³-hybridized carbons (Fsp3) is 0.500. The summed E-state index contributed by atoms with van der Waals surface area (Å²) in [6.07, 6.45) is 0.775. The number of carbonyl (C=O) groups excluding carboxylic acids is 1. The third kappa shape index (κ3) is 3.55. The van der Waals surface area contributed by atoms with Gasteiger partial charge in [-0.1, -0.05) is 38.5 Å². The van der Waals surface area contributed by atoms with Crippen molar-refractivity contribution in [3.05, 3.63) is 29.8 Å². The summed E-state index contributed by atoms with van der Waals surface area (Å²) in [5.74, 6) is -0.139. The van der Waals surface area contributed by atoms with Crippen molar-refractivity contribution in [3.63, 3.8) is 0 Å². The monoisotopic (exact) mass is 313 g/mol. The molecule has 0 spiro atoms. The Labute approximate surface area is 124 Å². The molecule has 0 radical (unpaired) electrons. The van der Waals surface area contributed by atoms with E-state index < -0.39 is 15.9 Å². The number of benzene rings is 1. The molecule has 1 aliphatic heterocycles. The molecule has 2 rings (SSSR count). The van der Waals surface area contributed by atoms with Crippen LogP contribution >= 0.6 is 11.8 Å². The fourth-order valence-electron chi connectivity index (χ4n) is 2.14. The normalized spacial score (nSPS) is 19.4. The van der Waals surface area contributed by atoms with E-state index >= 15 is 0 Å². The topological polar surface area (TPSA) is 63.2 Å². The number of carbonyl (C=O) groups is 1. The molecule has 0 aliphatic carbocycles. The van der Waals surface area contributed by atoms with Crippen LogP contribution in [-0.4, -0.2) is 25.8 Å². The van der Waals surface area contributed by atoms with Crippen LogP contribution in [0.2, 0.25) is 0 Å². The van der Waals surface area contributed by atoms with Crippen LogP contribution in [0.25, 0.3) is 0 Å². The number of thioether (sulfide) groups is 1. The predicted molar refractivity (Wildman–Crippen MR) is 81.3 cm³/mol. The maximum Gasteiger partial charge on any atom is 0.241 e. The zero-order valence-corrected chi connectivity index (χ0v) is 13.3. The van der Waals surface area contributed by atoms with E-state index in [4.69, 9.17) is 0 Å². The highest BCUT2D eigenvalue weighted by Crippen LogP contribution is 2.39. The molecule has 1 heterocycles. The van der Waals surface area contributed by atoms with Gasteiger partial charge in [0.1, 0.15) is 0 Å². The Balaban J connectivity index is 2.07. The van der Waals surface area contributed by atoms with Crippen molar-refractivity contribution in [2.24, 2.45) is 5.92 Å². The van der Waals surface area contributed by atoms with Crippen LogP contribution in [0, 0.1) is 5.92 Å². The van der Waals surface area contributed by atoms with Crippen molar-refractivity contribution >= 4 is 27.7 Å². The Hall–Kier alpha value is -1.01. The number of sulfonamides is 1. The van der Waals surface area contributed by atoms with Crippen LogP contribution < -0.4 is 4.72 Å². The van der Waals surface area contributed by atoms with Crippen molar-refractivity contribution in [1.82, 2.24) is 4.72 Å². The second kappa shape index (κ2) is 6.18. The summed E-state index contributed by atoms with van der Waals surface area (Å²) in [5.41, 5.74) is 0.925. The molecule has 2 atom stereocenters. The lowest BCUT2D eigenvalue weighted by atomic mass is 10.0. The van der Waals surface area contributed by atoms with Crippen LogP contribution in [-0.2, 0) is 14.8 Å². The first kappa shape index (κ1) is 15.4. The van der Waals surface area contributed by atoms with Crippen molar-refractivity contribution in [2.75, 3.05) is 11.5 Å². The van der Waals surface area contributed by atoms with Gasteiger partial charge in [-0.2, -0.15) is 0 Å². The van der Waals surface area contributed by atoms with E-state index in [9.17, 15) is 13.2 Å². The van der Waals surface area contributed by atoms with Gasteiger partial charge in [0.05, 0.1) is 11.7 Å². The first-order chi connectivity index (χ1) is 9.43. The number of fused-ring (bicyclic) bond motifs is 1. The second-order valence-corrected chi connectivity index (χ2v) is 7.99. The van der Waals surface area contributed by atoms with E-state index in [1.54, 1.807) is 11.8 Å². The van der Waals surface area contributed by atoms with Crippen LogP contribution in [0.15, 0.2) is 29.2 Å². The van der Waals surface area contributed by atoms with Crippen LogP contribution in [0.4, 0.5) is 0 Å². The number of amides is 1. The maximum absolute atomic E-state index is 12.2. The van der Waals surface area contributed by atoms with Crippen LogP contribution in [0.1, 0.15) is 31.7 Å². The van der Waals surface area contributed by atoms with Gasteiger partial charge in [-0.3, -0.25) is 9.52 Å². The minimum Gasteiger partial charge on any atom is -0.273 e. The standard InChI is InChI=1S/C14H19NO3S2/c1-3-10(2)9-20(17,18)15-14(16)12-8-19-13-7-5-4-6-11(12)13/h4-7,10,12H,3,8-9H2,1-2H3,(H,15,16)/t10-,12+/m1/s1. The van der Waals surface area contributed by atoms with Gasteiger partial charge in [-0.25, -0.2) is 8.42 Å². The Morgan fingerprint density at radius 1 is 1.45 bits per heavy atom. The van der Waals surface area contributed by atoms with Gasteiger partial charge in [-0.15, -0.1) is 11.8 Å². The predicted octanol–water partition coefficient (Wildman–Crippen LogP) is 2.37. The summed E-state index contributed by atoms with van der Waals surface area (Å²) in [5, 5.41) is 0. The van der Waals surface area contributed by atoms with E-state index in [-0.39, 0.29) is 17.6 Å². The molecule has 0 unspecified atom stereocenters. The summed E-state index contributed by atoms with van der Waals surface area (Å²) < 4.78 is 26.1. The van der Waals surface area contributed by atoms with Crippen molar-refractivity contribution < 1.29 is 13.2 Å². The Kier molecular flexibility index (Phi) is 4.75. The fourth-order valence-corrected chi connectivity index (χ4v) is 4.88. The molecule has 1 N–H and O–H groups in total. The van der Waals surface area contributed by atoms with Crippen LogP contribution in [0.5, 0.6) is 0 Å². The third-order valence-electron chi connectivity index (χ3n) is 3.47. The minimum absolute atomic E-state index is 0.00322. The van der Waals surface area contributed by atoms with Crippen molar-refractivity contribution in [1.29, 1.82) is 0 Å². The summed E-state index contributed by atoms with van der Waals surface area (Å²) in [6, 6.07) is 7.65. The van der Waals surface area contributed by atoms with E-state index in [1.165, 1.54) is 0 Å². The average Bonchev–Trinajstić information content (AvgIpc) is 2.81. The van der Waals surface area contributed by atoms with E-state index in [0.717, 1.165) is 16.9 Å². The Morgan fingerprint density at radius 3 is 2.85 bits per heavy atom. The highest BCUT2D eigenvalue weighted by Gasteiger charge is 2.31. The number of hydrogen-bond acceptors (Lipinski definition) is 4. The molecule has 0 aromatic heterocycles. The van der Waals surface area contributed by atoms with E-state index in [0.29, 0.717) is 5.75 Å². The molecule has 1 aromatic carbocycles. The lowest BCUT2D eigenvalue weighted by Gasteiger charge is -2.14. The summed E-state index contributed by atoms with van der Waals surface area (Å²) in [7, 11) is -3.54. The zero-order valence-electron chi connectivity index (χ0n) is 11.6. The molecule has 1 aliphatic rings. The molecule has 6 heteroatoms. The lowest BCUT2D eigenvalue weighted by Crippen LogP contribution is -2.37. The SMILES string of the molecule is CC[C@@H](C)CS(=O)(=O)NC(=O)[C@H]1CSc2ccccc21. The molecule has 0 saturated heterocycles. The molecular formula is C14H19NO3S2. The third-order valence-corrected chi connectivity index (χ3v) is 6.18. The van der Waals surface area contributed by atoms with E-state index in [2.05, 4.69) is 4.72 Å². The van der Waals surface area contributed by atoms with Crippen LogP contribution in [0.3, 0.4) is 0 Å². The van der Waals surface area contributed by atoms with E-state index in [1.807, 2.05) is 38.1 Å². The molecule has 0 saturated carbocycles. The number of hydrogen-bond donors (Lipinski definition) is 1. The van der Waals surface area contributed by atoms with Gasteiger partial charge >= 0.3 is 0 Å². The molecule has 110 valence electrons. The van der Waals surface area contributed by atoms with Gasteiger partial charge < -0.3 is 0 Å². The zero-order chi connectivity index (χ0) is 14.8. The largest absolute Gasteiger partial charge is 0.273 e. The molecule has 20 heavy (non-hydrogen) atoms.